The Morgan fingerprint density at radius 1 is 0.926 bits per heavy atom. The molecule has 5 rings (SSSR count). The van der Waals surface area contributed by atoms with E-state index in [1.807, 2.05) is 6.07 Å². The average molecular weight is 359 g/mol. The minimum absolute atomic E-state index is 0.125. The van der Waals surface area contributed by atoms with Gasteiger partial charge in [0.1, 0.15) is 0 Å². The Kier molecular flexibility index (Phi) is 4.12. The summed E-state index contributed by atoms with van der Waals surface area (Å²) in [6.07, 6.45) is 2.80. The fourth-order valence-electron chi connectivity index (χ4n) is 4.66. The molecule has 1 unspecified atom stereocenters. The van der Waals surface area contributed by atoms with Gasteiger partial charge >= 0.3 is 0 Å². The molecule has 3 aromatic rings. The topological polar surface area (TPSA) is 39.3 Å². The quantitative estimate of drug-likeness (QED) is 0.759. The van der Waals surface area contributed by atoms with Gasteiger partial charge in [-0.2, -0.15) is 0 Å². The van der Waals surface area contributed by atoms with Gasteiger partial charge in [0, 0.05) is 54.4 Å². The smallest absolute Gasteiger partial charge is 0.226 e. The van der Waals surface area contributed by atoms with Crippen LogP contribution in [0.5, 0.6) is 0 Å². The maximum Gasteiger partial charge on any atom is 0.226 e. The summed E-state index contributed by atoms with van der Waals surface area (Å²) in [6, 6.07) is 19.0. The van der Waals surface area contributed by atoms with E-state index in [9.17, 15) is 4.79 Å². The number of hydrogen-bond donors (Lipinski definition) is 1. The summed E-state index contributed by atoms with van der Waals surface area (Å²) in [5, 5.41) is 1.29. The van der Waals surface area contributed by atoms with Gasteiger partial charge in [0.15, 0.2) is 0 Å². The molecule has 2 heterocycles. The summed E-state index contributed by atoms with van der Waals surface area (Å²) in [6.45, 7) is 3.48. The largest absolute Gasteiger partial charge is 0.368 e. The van der Waals surface area contributed by atoms with E-state index in [-0.39, 0.29) is 5.92 Å². The van der Waals surface area contributed by atoms with E-state index >= 15 is 0 Å². The van der Waals surface area contributed by atoms with Crippen LogP contribution in [0.25, 0.3) is 10.9 Å². The zero-order chi connectivity index (χ0) is 18.2. The van der Waals surface area contributed by atoms with Gasteiger partial charge in [-0.1, -0.05) is 36.4 Å². The first-order valence-electron chi connectivity index (χ1n) is 9.97. The highest BCUT2D eigenvalue weighted by Crippen LogP contribution is 2.32. The SMILES string of the molecule is O=C(C1CCc2[nH]c3ccccc3c2C1)N1CCN(c2ccccc2)CC1. The molecular formula is C23H25N3O. The molecule has 2 aliphatic rings. The van der Waals surface area contributed by atoms with Crippen molar-refractivity contribution >= 4 is 22.5 Å². The molecule has 4 heteroatoms. The molecule has 2 aromatic carbocycles. The van der Waals surface area contributed by atoms with E-state index in [1.165, 1.54) is 27.8 Å². The second kappa shape index (κ2) is 6.76. The van der Waals surface area contributed by atoms with E-state index in [0.29, 0.717) is 5.91 Å². The number of nitrogens with one attached hydrogen (secondary N) is 1. The molecule has 1 atom stereocenters. The zero-order valence-corrected chi connectivity index (χ0v) is 15.5. The van der Waals surface area contributed by atoms with Crippen molar-refractivity contribution in [2.75, 3.05) is 31.1 Å². The molecule has 1 N–H and O–H groups in total. The molecule has 0 bridgehead atoms. The van der Waals surface area contributed by atoms with Gasteiger partial charge in [-0.05, 0) is 43.0 Å². The molecule has 138 valence electrons. The van der Waals surface area contributed by atoms with E-state index < -0.39 is 0 Å². The first-order valence-corrected chi connectivity index (χ1v) is 9.97. The first-order chi connectivity index (χ1) is 13.3. The number of aromatic nitrogens is 1. The van der Waals surface area contributed by atoms with Gasteiger partial charge in [0.25, 0.3) is 0 Å². The van der Waals surface area contributed by atoms with Crippen LogP contribution >= 0.6 is 0 Å². The first kappa shape index (κ1) is 16.4. The number of fused-ring (bicyclic) bond motifs is 3. The Morgan fingerprint density at radius 3 is 2.48 bits per heavy atom. The molecule has 1 aliphatic carbocycles. The minimum atomic E-state index is 0.125. The molecule has 1 saturated heterocycles. The highest BCUT2D eigenvalue weighted by molar-refractivity contribution is 5.87. The molecule has 1 fully saturated rings. The molecule has 0 radical (unpaired) electrons. The van der Waals surface area contributed by atoms with Crippen molar-refractivity contribution in [3.05, 3.63) is 65.9 Å². The second-order valence-corrected chi connectivity index (χ2v) is 7.72. The Bertz CT molecular complexity index is 954. The number of carbonyl (C=O) groups is 1. The standard InChI is InChI=1S/C23H25N3O/c27-23(26-14-12-25(13-15-26)18-6-2-1-3-7-18)17-10-11-22-20(16-17)19-8-4-5-9-21(19)24-22/h1-9,17,24H,10-16H2. The zero-order valence-electron chi connectivity index (χ0n) is 15.5. The monoisotopic (exact) mass is 359 g/mol. The van der Waals surface area contributed by atoms with Crippen LogP contribution in [-0.2, 0) is 17.6 Å². The lowest BCUT2D eigenvalue weighted by Gasteiger charge is -2.38. The highest BCUT2D eigenvalue weighted by atomic mass is 16.2. The number of benzene rings is 2. The number of carbonyl (C=O) groups excluding carboxylic acids is 1. The van der Waals surface area contributed by atoms with Gasteiger partial charge in [-0.15, -0.1) is 0 Å². The number of anilines is 1. The highest BCUT2D eigenvalue weighted by Gasteiger charge is 2.31. The van der Waals surface area contributed by atoms with Crippen LogP contribution in [0.3, 0.4) is 0 Å². The van der Waals surface area contributed by atoms with E-state index in [4.69, 9.17) is 0 Å². The molecular weight excluding hydrogens is 334 g/mol. The molecule has 0 saturated carbocycles. The van der Waals surface area contributed by atoms with Crippen molar-refractivity contribution < 1.29 is 4.79 Å². The molecule has 1 amide bonds. The Morgan fingerprint density at radius 2 is 1.67 bits per heavy atom. The average Bonchev–Trinajstić information content (AvgIpc) is 3.12. The van der Waals surface area contributed by atoms with Crippen molar-refractivity contribution in [2.24, 2.45) is 5.92 Å². The normalized spacial score (nSPS) is 19.9. The molecule has 4 nitrogen and oxygen atoms in total. The van der Waals surface area contributed by atoms with Crippen molar-refractivity contribution in [3.8, 4) is 0 Å². The van der Waals surface area contributed by atoms with Crippen LogP contribution in [0.4, 0.5) is 5.69 Å². The van der Waals surface area contributed by atoms with Crippen LogP contribution in [0, 0.1) is 5.92 Å². The second-order valence-electron chi connectivity index (χ2n) is 7.72. The molecule has 0 spiro atoms. The Labute approximate surface area is 159 Å². The van der Waals surface area contributed by atoms with Crippen LogP contribution < -0.4 is 4.90 Å². The van der Waals surface area contributed by atoms with Crippen LogP contribution in [0.2, 0.25) is 0 Å². The van der Waals surface area contributed by atoms with Crippen molar-refractivity contribution in [1.82, 2.24) is 9.88 Å². The van der Waals surface area contributed by atoms with Crippen LogP contribution in [0.1, 0.15) is 17.7 Å². The number of aromatic amines is 1. The number of para-hydroxylation sites is 2. The number of H-pyrrole nitrogens is 1. The van der Waals surface area contributed by atoms with Gasteiger partial charge in [0.05, 0.1) is 0 Å². The summed E-state index contributed by atoms with van der Waals surface area (Å²) in [4.78, 5) is 21.2. The Hall–Kier alpha value is -2.75. The number of rotatable bonds is 2. The third-order valence-corrected chi connectivity index (χ3v) is 6.16. The van der Waals surface area contributed by atoms with Gasteiger partial charge in [0.2, 0.25) is 5.91 Å². The minimum Gasteiger partial charge on any atom is -0.368 e. The fourth-order valence-corrected chi connectivity index (χ4v) is 4.66. The lowest BCUT2D eigenvalue weighted by atomic mass is 9.85. The number of hydrogen-bond acceptors (Lipinski definition) is 2. The molecule has 27 heavy (non-hydrogen) atoms. The fraction of sp³-hybridized carbons (Fsp3) is 0.348. The predicted octanol–water partition coefficient (Wildman–Crippen LogP) is 3.62. The van der Waals surface area contributed by atoms with E-state index in [1.54, 1.807) is 0 Å². The maximum atomic E-state index is 13.2. The van der Waals surface area contributed by atoms with Crippen LogP contribution in [-0.4, -0.2) is 42.0 Å². The maximum absolute atomic E-state index is 13.2. The summed E-state index contributed by atoms with van der Waals surface area (Å²) in [5.74, 6) is 0.471. The lowest BCUT2D eigenvalue weighted by Crippen LogP contribution is -2.51. The van der Waals surface area contributed by atoms with Gasteiger partial charge < -0.3 is 14.8 Å². The van der Waals surface area contributed by atoms with Gasteiger partial charge in [-0.25, -0.2) is 0 Å². The third kappa shape index (κ3) is 2.99. The summed E-state index contributed by atoms with van der Waals surface area (Å²) in [7, 11) is 0. The summed E-state index contributed by atoms with van der Waals surface area (Å²) < 4.78 is 0. The molecule has 1 aromatic heterocycles. The van der Waals surface area contributed by atoms with E-state index in [2.05, 4.69) is 63.3 Å². The predicted molar refractivity (Wildman–Crippen MR) is 109 cm³/mol. The lowest BCUT2D eigenvalue weighted by molar-refractivity contribution is -0.136. The summed E-state index contributed by atoms with van der Waals surface area (Å²) in [5.41, 5.74) is 5.14. The Balaban J connectivity index is 1.27. The van der Waals surface area contributed by atoms with Crippen molar-refractivity contribution in [3.63, 3.8) is 0 Å². The van der Waals surface area contributed by atoms with Crippen LogP contribution in [0.15, 0.2) is 54.6 Å². The summed E-state index contributed by atoms with van der Waals surface area (Å²) >= 11 is 0. The van der Waals surface area contributed by atoms with Gasteiger partial charge in [-0.3, -0.25) is 4.79 Å². The third-order valence-electron chi connectivity index (χ3n) is 6.16. The number of piperazine rings is 1. The number of aryl methyl sites for hydroxylation is 1. The molecule has 1 aliphatic heterocycles. The van der Waals surface area contributed by atoms with E-state index in [0.717, 1.165) is 45.4 Å². The number of nitrogens with zero attached hydrogens (tertiary/aromatic N) is 2. The van der Waals surface area contributed by atoms with Crippen molar-refractivity contribution in [1.29, 1.82) is 0 Å². The number of amides is 1. The van der Waals surface area contributed by atoms with Crippen molar-refractivity contribution in [2.45, 2.75) is 19.3 Å².